The first-order valence-corrected chi connectivity index (χ1v) is 5.41. The van der Waals surface area contributed by atoms with E-state index in [1.165, 1.54) is 6.33 Å². The van der Waals surface area contributed by atoms with Crippen LogP contribution < -0.4 is 10.1 Å². The average Bonchev–Trinajstić information content (AvgIpc) is 2.41. The van der Waals surface area contributed by atoms with E-state index >= 15 is 0 Å². The summed E-state index contributed by atoms with van der Waals surface area (Å²) in [5.41, 5.74) is 1.50. The average molecular weight is 240 g/mol. The highest BCUT2D eigenvalue weighted by atomic mass is 16.5. The zero-order valence-electron chi connectivity index (χ0n) is 10.1. The lowest BCUT2D eigenvalue weighted by Crippen LogP contribution is -1.96. The molecule has 0 radical (unpaired) electrons. The van der Waals surface area contributed by atoms with E-state index in [9.17, 15) is 0 Å². The van der Waals surface area contributed by atoms with Crippen LogP contribution in [0, 0.1) is 18.3 Å². The smallest absolute Gasteiger partial charge is 0.224 e. The third-order valence-corrected chi connectivity index (χ3v) is 2.43. The Balaban J connectivity index is 2.30. The van der Waals surface area contributed by atoms with Gasteiger partial charge in [0.25, 0.3) is 0 Å². The normalized spacial score (nSPS) is 9.61. The predicted molar refractivity (Wildman–Crippen MR) is 67.5 cm³/mol. The highest BCUT2D eigenvalue weighted by molar-refractivity contribution is 5.44. The third-order valence-electron chi connectivity index (χ3n) is 2.43. The number of nitrogens with zero attached hydrogens (tertiary/aromatic N) is 3. The zero-order chi connectivity index (χ0) is 13.0. The first kappa shape index (κ1) is 11.9. The van der Waals surface area contributed by atoms with Crippen molar-refractivity contribution in [2.45, 2.75) is 6.92 Å². The molecule has 1 N–H and O–H groups in total. The van der Waals surface area contributed by atoms with Crippen LogP contribution in [0.3, 0.4) is 0 Å². The van der Waals surface area contributed by atoms with Crippen molar-refractivity contribution < 1.29 is 4.74 Å². The van der Waals surface area contributed by atoms with E-state index in [1.807, 2.05) is 13.0 Å². The number of nitrogens with one attached hydrogen (secondary N) is 1. The topological polar surface area (TPSA) is 70.8 Å². The summed E-state index contributed by atoms with van der Waals surface area (Å²) in [5.74, 6) is 1.73. The Bertz CT molecular complexity index is 604. The maximum atomic E-state index is 8.86. The summed E-state index contributed by atoms with van der Waals surface area (Å²) in [4.78, 5) is 8.02. The molecule has 1 aromatic carbocycles. The Labute approximate surface area is 105 Å². The molecule has 0 fully saturated rings. The molecule has 2 rings (SSSR count). The number of hydrogen-bond donors (Lipinski definition) is 1. The van der Waals surface area contributed by atoms with Gasteiger partial charge in [0, 0.05) is 13.1 Å². The molecule has 18 heavy (non-hydrogen) atoms. The van der Waals surface area contributed by atoms with Gasteiger partial charge in [0.15, 0.2) is 0 Å². The Morgan fingerprint density at radius 3 is 2.83 bits per heavy atom. The van der Waals surface area contributed by atoms with Crippen molar-refractivity contribution in [1.29, 1.82) is 5.26 Å². The summed E-state index contributed by atoms with van der Waals surface area (Å²) in [6.07, 6.45) is 1.42. The number of nitriles is 1. The number of hydrogen-bond acceptors (Lipinski definition) is 5. The van der Waals surface area contributed by atoms with Gasteiger partial charge < -0.3 is 10.1 Å². The second-order valence-electron chi connectivity index (χ2n) is 3.69. The van der Waals surface area contributed by atoms with E-state index in [4.69, 9.17) is 10.00 Å². The largest absolute Gasteiger partial charge is 0.439 e. The molecule has 2 aromatic rings. The monoisotopic (exact) mass is 240 g/mol. The minimum atomic E-state index is 0.438. The number of benzene rings is 1. The van der Waals surface area contributed by atoms with Crippen molar-refractivity contribution in [1.82, 2.24) is 9.97 Å². The Hall–Kier alpha value is -2.61. The minimum absolute atomic E-state index is 0.438. The van der Waals surface area contributed by atoms with E-state index in [0.29, 0.717) is 23.0 Å². The lowest BCUT2D eigenvalue weighted by molar-refractivity contribution is 0.458. The van der Waals surface area contributed by atoms with Gasteiger partial charge in [0.05, 0.1) is 11.6 Å². The van der Waals surface area contributed by atoms with Crippen LogP contribution in [0.15, 0.2) is 30.6 Å². The fraction of sp³-hybridized carbons (Fsp3) is 0.154. The molecule has 1 heterocycles. The predicted octanol–water partition coefficient (Wildman–Crippen LogP) is 2.49. The molecule has 5 nitrogen and oxygen atoms in total. The molecule has 0 saturated heterocycles. The molecular weight excluding hydrogens is 228 g/mol. The Morgan fingerprint density at radius 2 is 2.11 bits per heavy atom. The lowest BCUT2D eigenvalue weighted by Gasteiger charge is -2.08. The Morgan fingerprint density at radius 1 is 1.28 bits per heavy atom. The highest BCUT2D eigenvalue weighted by Gasteiger charge is 2.05. The maximum absolute atomic E-state index is 8.86. The summed E-state index contributed by atoms with van der Waals surface area (Å²) in [7, 11) is 1.77. The zero-order valence-corrected chi connectivity index (χ0v) is 10.1. The van der Waals surface area contributed by atoms with E-state index in [2.05, 4.69) is 21.4 Å². The van der Waals surface area contributed by atoms with Crippen LogP contribution in [0.2, 0.25) is 0 Å². The molecule has 90 valence electrons. The Kier molecular flexibility index (Phi) is 3.39. The van der Waals surface area contributed by atoms with Gasteiger partial charge >= 0.3 is 0 Å². The molecule has 0 saturated carbocycles. The van der Waals surface area contributed by atoms with Gasteiger partial charge in [-0.25, -0.2) is 9.97 Å². The molecule has 5 heteroatoms. The van der Waals surface area contributed by atoms with E-state index in [-0.39, 0.29) is 0 Å². The molecule has 0 atom stereocenters. The second kappa shape index (κ2) is 5.15. The van der Waals surface area contributed by atoms with Crippen molar-refractivity contribution in [3.63, 3.8) is 0 Å². The van der Waals surface area contributed by atoms with Crippen LogP contribution in [-0.2, 0) is 0 Å². The molecule has 0 amide bonds. The third kappa shape index (κ3) is 2.55. The molecule has 1 aromatic heterocycles. The van der Waals surface area contributed by atoms with Gasteiger partial charge in [-0.1, -0.05) is 6.07 Å². The summed E-state index contributed by atoms with van der Waals surface area (Å²) in [6.45, 7) is 1.91. The summed E-state index contributed by atoms with van der Waals surface area (Å²) in [5, 5.41) is 11.8. The van der Waals surface area contributed by atoms with Crippen molar-refractivity contribution in [2.24, 2.45) is 0 Å². The molecular formula is C13H12N4O. The van der Waals surface area contributed by atoms with Gasteiger partial charge in [-0.2, -0.15) is 5.26 Å². The fourth-order valence-corrected chi connectivity index (χ4v) is 1.42. The van der Waals surface area contributed by atoms with Crippen LogP contribution in [0.1, 0.15) is 11.1 Å². The first-order chi connectivity index (χ1) is 8.72. The summed E-state index contributed by atoms with van der Waals surface area (Å²) < 4.78 is 5.65. The molecule has 0 unspecified atom stereocenters. The van der Waals surface area contributed by atoms with Gasteiger partial charge in [-0.15, -0.1) is 0 Å². The van der Waals surface area contributed by atoms with Crippen LogP contribution >= 0.6 is 0 Å². The second-order valence-corrected chi connectivity index (χ2v) is 3.69. The number of ether oxygens (including phenoxy) is 1. The van der Waals surface area contributed by atoms with E-state index in [1.54, 1.807) is 25.2 Å². The van der Waals surface area contributed by atoms with Crippen molar-refractivity contribution >= 4 is 5.82 Å². The molecule has 0 aliphatic rings. The maximum Gasteiger partial charge on any atom is 0.224 e. The number of anilines is 1. The first-order valence-electron chi connectivity index (χ1n) is 5.41. The van der Waals surface area contributed by atoms with Gasteiger partial charge in [0.1, 0.15) is 17.9 Å². The van der Waals surface area contributed by atoms with Crippen LogP contribution in [0.25, 0.3) is 0 Å². The van der Waals surface area contributed by atoms with Crippen molar-refractivity contribution in [3.05, 3.63) is 41.7 Å². The molecule has 0 bridgehead atoms. The van der Waals surface area contributed by atoms with Gasteiger partial charge in [-0.3, -0.25) is 0 Å². The molecule has 0 aliphatic carbocycles. The van der Waals surface area contributed by atoms with Crippen LogP contribution in [-0.4, -0.2) is 17.0 Å². The van der Waals surface area contributed by atoms with E-state index < -0.39 is 0 Å². The SMILES string of the molecule is CNc1cc(Oc2cc(C#N)ccc2C)ncn1. The number of rotatable bonds is 3. The molecule has 0 spiro atoms. The quantitative estimate of drug-likeness (QED) is 0.892. The lowest BCUT2D eigenvalue weighted by atomic mass is 10.1. The fourth-order valence-electron chi connectivity index (χ4n) is 1.42. The van der Waals surface area contributed by atoms with Crippen LogP contribution in [0.5, 0.6) is 11.6 Å². The van der Waals surface area contributed by atoms with Gasteiger partial charge in [-0.05, 0) is 24.6 Å². The summed E-state index contributed by atoms with van der Waals surface area (Å²) >= 11 is 0. The minimum Gasteiger partial charge on any atom is -0.439 e. The van der Waals surface area contributed by atoms with Crippen LogP contribution in [0.4, 0.5) is 5.82 Å². The standard InChI is InChI=1S/C13H12N4O/c1-9-3-4-10(7-14)5-11(9)18-13-6-12(15-2)16-8-17-13/h3-6,8H,1-2H3,(H,15,16,17). The highest BCUT2D eigenvalue weighted by Crippen LogP contribution is 2.25. The number of aromatic nitrogens is 2. The van der Waals surface area contributed by atoms with Gasteiger partial charge in [0.2, 0.25) is 5.88 Å². The summed E-state index contributed by atoms with van der Waals surface area (Å²) in [6, 6.07) is 9.05. The van der Waals surface area contributed by atoms with Crippen molar-refractivity contribution in [3.8, 4) is 17.7 Å². The van der Waals surface area contributed by atoms with E-state index in [0.717, 1.165) is 5.56 Å². The number of aryl methyl sites for hydroxylation is 1. The van der Waals surface area contributed by atoms with Crippen molar-refractivity contribution in [2.75, 3.05) is 12.4 Å². The molecule has 0 aliphatic heterocycles.